The molecule has 232 valence electrons. The number of esters is 1. The molecule has 0 bridgehead atoms. The SMILES string of the molecule is O=C([O-])C(F)(F)F.[NH3+]CCS[C@H]1c2c(O)cc(O)cc2O[C@H](c2ccc(O)c(O)c2)[C@@H]1OC(=O)c1cc(O)c(O)c(O)c1. The summed E-state index contributed by atoms with van der Waals surface area (Å²) in [5.41, 5.74) is 4.13. The van der Waals surface area contributed by atoms with Crippen LogP contribution >= 0.6 is 11.8 Å². The lowest BCUT2D eigenvalue weighted by atomic mass is 9.93. The fourth-order valence-corrected chi connectivity index (χ4v) is 5.12. The first-order chi connectivity index (χ1) is 20.0. The van der Waals surface area contributed by atoms with Gasteiger partial charge in [0.2, 0.25) is 0 Å². The number of halogens is 3. The quantitative estimate of drug-likeness (QED) is 0.141. The van der Waals surface area contributed by atoms with Gasteiger partial charge >= 0.3 is 12.1 Å². The Morgan fingerprint density at radius 2 is 1.51 bits per heavy atom. The van der Waals surface area contributed by atoms with Crippen molar-refractivity contribution in [3.8, 4) is 46.0 Å². The van der Waals surface area contributed by atoms with Crippen LogP contribution in [0.25, 0.3) is 0 Å². The molecule has 0 spiro atoms. The zero-order chi connectivity index (χ0) is 32.2. The van der Waals surface area contributed by atoms with Crippen molar-refractivity contribution < 1.29 is 78.8 Å². The normalized spacial score (nSPS) is 17.5. The van der Waals surface area contributed by atoms with Gasteiger partial charge in [-0.2, -0.15) is 13.2 Å². The van der Waals surface area contributed by atoms with E-state index in [1.165, 1.54) is 36.0 Å². The van der Waals surface area contributed by atoms with Crippen LogP contribution in [-0.2, 0) is 9.53 Å². The molecule has 3 aromatic carbocycles. The van der Waals surface area contributed by atoms with Gasteiger partial charge in [0.05, 0.1) is 22.9 Å². The number of phenolic OH excluding ortho intramolecular Hbond substituents is 7. The number of fused-ring (bicyclic) bond motifs is 1. The molecule has 1 heterocycles. The molecule has 0 fully saturated rings. The highest BCUT2D eigenvalue weighted by atomic mass is 32.2. The molecule has 1 aliphatic heterocycles. The molecular formula is C26H24F3NO12S. The van der Waals surface area contributed by atoms with Crippen LogP contribution in [0.5, 0.6) is 46.0 Å². The molecular weight excluding hydrogens is 607 g/mol. The molecule has 43 heavy (non-hydrogen) atoms. The Kier molecular flexibility index (Phi) is 9.82. The molecule has 10 N–H and O–H groups in total. The van der Waals surface area contributed by atoms with E-state index in [1.54, 1.807) is 0 Å². The van der Waals surface area contributed by atoms with E-state index in [4.69, 9.17) is 19.4 Å². The van der Waals surface area contributed by atoms with E-state index < -0.39 is 58.6 Å². The van der Waals surface area contributed by atoms with E-state index in [1.807, 2.05) is 0 Å². The largest absolute Gasteiger partial charge is 0.542 e. The van der Waals surface area contributed by atoms with E-state index in [0.717, 1.165) is 18.2 Å². The number of benzene rings is 3. The number of aromatic hydroxyl groups is 7. The lowest BCUT2D eigenvalue weighted by Gasteiger charge is -2.39. The van der Waals surface area contributed by atoms with Crippen molar-refractivity contribution in [2.45, 2.75) is 23.6 Å². The zero-order valence-corrected chi connectivity index (χ0v) is 22.4. The molecule has 4 rings (SSSR count). The number of carboxylic acid groups (broad SMARTS) is 1. The van der Waals surface area contributed by atoms with Crippen LogP contribution in [0.3, 0.4) is 0 Å². The Labute approximate surface area is 243 Å². The second-order valence-electron chi connectivity index (χ2n) is 8.83. The number of alkyl halides is 3. The van der Waals surface area contributed by atoms with E-state index >= 15 is 0 Å². The number of quaternary nitrogens is 1. The van der Waals surface area contributed by atoms with Crippen LogP contribution in [0.1, 0.15) is 32.8 Å². The molecule has 0 unspecified atom stereocenters. The summed E-state index contributed by atoms with van der Waals surface area (Å²) in [7, 11) is 0. The van der Waals surface area contributed by atoms with E-state index in [9.17, 15) is 53.7 Å². The first-order valence-electron chi connectivity index (χ1n) is 11.9. The Hall–Kier alpha value is -4.90. The van der Waals surface area contributed by atoms with Crippen molar-refractivity contribution in [2.75, 3.05) is 12.3 Å². The van der Waals surface area contributed by atoms with Gasteiger partial charge in [-0.3, -0.25) is 0 Å². The van der Waals surface area contributed by atoms with Crippen LogP contribution in [0.2, 0.25) is 0 Å². The highest BCUT2D eigenvalue weighted by molar-refractivity contribution is 7.99. The number of phenols is 7. The minimum atomic E-state index is -5.19. The molecule has 0 saturated carbocycles. The van der Waals surface area contributed by atoms with Crippen LogP contribution in [0.4, 0.5) is 13.2 Å². The number of aliphatic carboxylic acids is 1. The first-order valence-corrected chi connectivity index (χ1v) is 13.0. The van der Waals surface area contributed by atoms with Crippen molar-refractivity contribution in [2.24, 2.45) is 0 Å². The highest BCUT2D eigenvalue weighted by Crippen LogP contribution is 2.53. The Bertz CT molecular complexity index is 1490. The fourth-order valence-electron chi connectivity index (χ4n) is 3.91. The van der Waals surface area contributed by atoms with Crippen molar-refractivity contribution in [1.82, 2.24) is 0 Å². The predicted molar refractivity (Wildman–Crippen MR) is 138 cm³/mol. The maximum atomic E-state index is 13.1. The molecule has 0 saturated heterocycles. The molecule has 13 nitrogen and oxygen atoms in total. The summed E-state index contributed by atoms with van der Waals surface area (Å²) in [6.07, 6.45) is -7.41. The average Bonchev–Trinajstić information content (AvgIpc) is 2.91. The number of hydrogen-bond donors (Lipinski definition) is 8. The van der Waals surface area contributed by atoms with Crippen LogP contribution in [0.15, 0.2) is 42.5 Å². The Morgan fingerprint density at radius 1 is 0.907 bits per heavy atom. The topological polar surface area (TPSA) is 245 Å². The van der Waals surface area contributed by atoms with Gasteiger partial charge in [0.1, 0.15) is 23.2 Å². The summed E-state index contributed by atoms with van der Waals surface area (Å²) in [5.74, 6) is -7.01. The predicted octanol–water partition coefficient (Wildman–Crippen LogP) is 1.30. The van der Waals surface area contributed by atoms with Crippen molar-refractivity contribution in [3.63, 3.8) is 0 Å². The smallest absolute Gasteiger partial charge is 0.430 e. The summed E-state index contributed by atoms with van der Waals surface area (Å²) < 4.78 is 43.4. The van der Waals surface area contributed by atoms with Crippen molar-refractivity contribution >= 4 is 23.7 Å². The van der Waals surface area contributed by atoms with Crippen molar-refractivity contribution in [1.29, 1.82) is 0 Å². The first kappa shape index (κ1) is 32.6. The molecule has 0 aliphatic carbocycles. The zero-order valence-electron chi connectivity index (χ0n) is 21.6. The van der Waals surface area contributed by atoms with E-state index in [2.05, 4.69) is 5.73 Å². The maximum Gasteiger partial charge on any atom is 0.430 e. The van der Waals surface area contributed by atoms with Gasteiger partial charge in [0.25, 0.3) is 0 Å². The number of ether oxygens (including phenoxy) is 2. The lowest BCUT2D eigenvalue weighted by molar-refractivity contribution is -0.360. The second kappa shape index (κ2) is 13.0. The number of carbonyl (C=O) groups excluding carboxylic acids is 2. The molecule has 1 aliphatic rings. The van der Waals surface area contributed by atoms with Gasteiger partial charge in [-0.05, 0) is 24.3 Å². The maximum absolute atomic E-state index is 13.1. The molecule has 17 heteroatoms. The van der Waals surface area contributed by atoms with Gasteiger partial charge in [-0.1, -0.05) is 6.07 Å². The number of hydrogen-bond acceptors (Lipinski definition) is 13. The fraction of sp³-hybridized carbons (Fsp3) is 0.231. The summed E-state index contributed by atoms with van der Waals surface area (Å²) in [5, 5.41) is 77.8. The number of thioether (sulfide) groups is 1. The third-order valence-corrected chi connectivity index (χ3v) is 7.18. The minimum absolute atomic E-state index is 0.124. The standard InChI is InChI=1S/C24H23NO10S.C2HF3O2/c25-3-4-36-23-19-15(29)8-12(26)9-18(19)34-21(10-1-2-13(27)14(28)5-10)22(23)35-24(33)11-6-16(30)20(32)17(31)7-11;3-2(4,5)1(6)7/h1-2,5-9,21-23,26-32H,3-4,25H2;(H,6,7)/t21-,22+,23+;/m1./s1. The average molecular weight is 632 g/mol. The van der Waals surface area contributed by atoms with E-state index in [-0.39, 0.29) is 34.1 Å². The number of carbonyl (C=O) groups is 2. The second-order valence-corrected chi connectivity index (χ2v) is 10.1. The van der Waals surface area contributed by atoms with Crippen LogP contribution in [-0.4, -0.2) is 72.3 Å². The summed E-state index contributed by atoms with van der Waals surface area (Å²) in [6.45, 7) is 0.501. The minimum Gasteiger partial charge on any atom is -0.542 e. The summed E-state index contributed by atoms with van der Waals surface area (Å²) in [6, 6.07) is 8.19. The molecule has 0 amide bonds. The van der Waals surface area contributed by atoms with Gasteiger partial charge in [0.15, 0.2) is 41.0 Å². The van der Waals surface area contributed by atoms with Gasteiger partial charge in [0, 0.05) is 23.4 Å². The van der Waals surface area contributed by atoms with Crippen LogP contribution in [0, 0.1) is 0 Å². The monoisotopic (exact) mass is 631 g/mol. The van der Waals surface area contributed by atoms with Gasteiger partial charge < -0.3 is 60.9 Å². The third-order valence-electron chi connectivity index (χ3n) is 5.79. The molecule has 0 radical (unpaired) electrons. The number of carboxylic acids is 1. The lowest BCUT2D eigenvalue weighted by Crippen LogP contribution is -2.51. The summed E-state index contributed by atoms with van der Waals surface area (Å²) in [4.78, 5) is 21.9. The van der Waals surface area contributed by atoms with Gasteiger partial charge in [-0.15, -0.1) is 11.8 Å². The third kappa shape index (κ3) is 7.49. The van der Waals surface area contributed by atoms with Gasteiger partial charge in [-0.25, -0.2) is 4.79 Å². The summed E-state index contributed by atoms with van der Waals surface area (Å²) >= 11 is 1.31. The van der Waals surface area contributed by atoms with Crippen molar-refractivity contribution in [3.05, 3.63) is 59.2 Å². The molecule has 3 aromatic rings. The van der Waals surface area contributed by atoms with E-state index in [0.29, 0.717) is 17.9 Å². The molecule has 3 atom stereocenters. The van der Waals surface area contributed by atoms with Crippen LogP contribution < -0.4 is 15.6 Å². The highest BCUT2D eigenvalue weighted by Gasteiger charge is 2.44. The number of rotatable bonds is 6. The Balaban J connectivity index is 0.000000646. The molecule has 0 aromatic heterocycles. The Morgan fingerprint density at radius 3 is 2.05 bits per heavy atom.